The molecule has 0 aliphatic carbocycles. The van der Waals surface area contributed by atoms with Crippen LogP contribution in [0.2, 0.25) is 0 Å². The molecule has 0 aliphatic heterocycles. The molecule has 0 aromatic heterocycles. The molecule has 110 valence electrons. The topological polar surface area (TPSA) is 75.6 Å². The Bertz CT molecular complexity index is 465. The number of amides is 1. The van der Waals surface area contributed by atoms with Crippen molar-refractivity contribution in [2.24, 2.45) is 0 Å². The molecule has 1 amide bonds. The quantitative estimate of drug-likeness (QED) is 0.800. The third-order valence-electron chi connectivity index (χ3n) is 3.33. The fourth-order valence-electron chi connectivity index (χ4n) is 1.58. The van der Waals surface area contributed by atoms with Crippen LogP contribution >= 0.6 is 0 Å². The summed E-state index contributed by atoms with van der Waals surface area (Å²) in [6.07, 6.45) is 1.03. The molecule has 5 heteroatoms. The SMILES string of the molecule is CCC(C)(C)c1ccc(OCC(=O)NCC(=O)O)cc1. The van der Waals surface area contributed by atoms with Crippen LogP contribution in [0.1, 0.15) is 32.8 Å². The van der Waals surface area contributed by atoms with E-state index in [1.807, 2.05) is 24.3 Å². The maximum atomic E-state index is 11.3. The minimum absolute atomic E-state index is 0.109. The van der Waals surface area contributed by atoms with Gasteiger partial charge in [0, 0.05) is 0 Å². The van der Waals surface area contributed by atoms with Crippen LogP contribution in [-0.2, 0) is 15.0 Å². The van der Waals surface area contributed by atoms with Gasteiger partial charge in [0.05, 0.1) is 0 Å². The second kappa shape index (κ2) is 6.93. The monoisotopic (exact) mass is 279 g/mol. The van der Waals surface area contributed by atoms with Crippen LogP contribution in [0.25, 0.3) is 0 Å². The zero-order valence-corrected chi connectivity index (χ0v) is 12.1. The standard InChI is InChI=1S/C15H21NO4/c1-4-15(2,3)11-5-7-12(8-6-11)20-10-13(17)16-9-14(18)19/h5-8H,4,9-10H2,1-3H3,(H,16,17)(H,18,19). The third-order valence-corrected chi connectivity index (χ3v) is 3.33. The first kappa shape index (κ1) is 16.0. The van der Waals surface area contributed by atoms with Gasteiger partial charge >= 0.3 is 5.97 Å². The summed E-state index contributed by atoms with van der Waals surface area (Å²) < 4.78 is 5.30. The summed E-state index contributed by atoms with van der Waals surface area (Å²) in [4.78, 5) is 21.6. The highest BCUT2D eigenvalue weighted by molar-refractivity contribution is 5.82. The molecule has 0 heterocycles. The van der Waals surface area contributed by atoms with Crippen molar-refractivity contribution in [1.82, 2.24) is 5.32 Å². The van der Waals surface area contributed by atoms with E-state index >= 15 is 0 Å². The van der Waals surface area contributed by atoms with Crippen molar-refractivity contribution < 1.29 is 19.4 Å². The number of carbonyl (C=O) groups is 2. The van der Waals surface area contributed by atoms with E-state index in [1.165, 1.54) is 5.56 Å². The van der Waals surface area contributed by atoms with Crippen LogP contribution in [0, 0.1) is 0 Å². The summed E-state index contributed by atoms with van der Waals surface area (Å²) in [5, 5.41) is 10.7. The molecular weight excluding hydrogens is 258 g/mol. The van der Waals surface area contributed by atoms with Crippen LogP contribution < -0.4 is 10.1 Å². The number of hydrogen-bond acceptors (Lipinski definition) is 3. The van der Waals surface area contributed by atoms with Gasteiger partial charge in [-0.05, 0) is 29.5 Å². The Morgan fingerprint density at radius 1 is 1.25 bits per heavy atom. The summed E-state index contributed by atoms with van der Waals surface area (Å²) in [6, 6.07) is 7.59. The second-order valence-electron chi connectivity index (χ2n) is 5.22. The Kier molecular flexibility index (Phi) is 5.55. The fourth-order valence-corrected chi connectivity index (χ4v) is 1.58. The molecular formula is C15H21NO4. The lowest BCUT2D eigenvalue weighted by molar-refractivity contribution is -0.138. The van der Waals surface area contributed by atoms with Crippen molar-refractivity contribution in [3.63, 3.8) is 0 Å². The second-order valence-corrected chi connectivity index (χ2v) is 5.22. The van der Waals surface area contributed by atoms with Crippen LogP contribution in [0.5, 0.6) is 5.75 Å². The average molecular weight is 279 g/mol. The van der Waals surface area contributed by atoms with Crippen LogP contribution in [-0.4, -0.2) is 30.1 Å². The molecule has 0 fully saturated rings. The number of nitrogens with one attached hydrogen (secondary N) is 1. The third kappa shape index (κ3) is 4.91. The summed E-state index contributed by atoms with van der Waals surface area (Å²) >= 11 is 0. The van der Waals surface area contributed by atoms with E-state index in [2.05, 4.69) is 26.1 Å². The van der Waals surface area contributed by atoms with Crippen molar-refractivity contribution in [1.29, 1.82) is 0 Å². The molecule has 1 aromatic carbocycles. The largest absolute Gasteiger partial charge is 0.484 e. The molecule has 0 radical (unpaired) electrons. The summed E-state index contributed by atoms with van der Waals surface area (Å²) in [5.74, 6) is -0.944. The highest BCUT2D eigenvalue weighted by Crippen LogP contribution is 2.27. The van der Waals surface area contributed by atoms with E-state index < -0.39 is 18.4 Å². The van der Waals surface area contributed by atoms with E-state index in [4.69, 9.17) is 9.84 Å². The van der Waals surface area contributed by atoms with Gasteiger partial charge in [0.25, 0.3) is 5.91 Å². The molecule has 5 nitrogen and oxygen atoms in total. The smallest absolute Gasteiger partial charge is 0.322 e. The van der Waals surface area contributed by atoms with Gasteiger partial charge in [0.2, 0.25) is 0 Å². The van der Waals surface area contributed by atoms with E-state index in [0.717, 1.165) is 6.42 Å². The molecule has 0 saturated heterocycles. The Hall–Kier alpha value is -2.04. The van der Waals surface area contributed by atoms with Crippen molar-refractivity contribution in [2.75, 3.05) is 13.2 Å². The normalized spacial score (nSPS) is 10.9. The number of ether oxygens (including phenoxy) is 1. The lowest BCUT2D eigenvalue weighted by atomic mass is 9.82. The summed E-state index contributed by atoms with van der Waals surface area (Å²) in [5.41, 5.74) is 1.32. The zero-order valence-electron chi connectivity index (χ0n) is 12.1. The van der Waals surface area contributed by atoms with Gasteiger partial charge in [-0.25, -0.2) is 0 Å². The van der Waals surface area contributed by atoms with Crippen molar-refractivity contribution >= 4 is 11.9 Å². The van der Waals surface area contributed by atoms with Gasteiger partial charge in [0.1, 0.15) is 12.3 Å². The van der Waals surface area contributed by atoms with E-state index in [9.17, 15) is 9.59 Å². The molecule has 0 atom stereocenters. The molecule has 20 heavy (non-hydrogen) atoms. The summed E-state index contributed by atoms with van der Waals surface area (Å²) in [7, 11) is 0. The molecule has 0 saturated carbocycles. The molecule has 0 unspecified atom stereocenters. The van der Waals surface area contributed by atoms with Crippen LogP contribution in [0.3, 0.4) is 0 Å². The molecule has 0 bridgehead atoms. The van der Waals surface area contributed by atoms with Crippen molar-refractivity contribution in [3.8, 4) is 5.75 Å². The Balaban J connectivity index is 2.50. The van der Waals surface area contributed by atoms with Gasteiger partial charge in [-0.2, -0.15) is 0 Å². The zero-order chi connectivity index (χ0) is 15.2. The van der Waals surface area contributed by atoms with Crippen molar-refractivity contribution in [3.05, 3.63) is 29.8 Å². The molecule has 0 aliphatic rings. The molecule has 0 spiro atoms. The first-order valence-electron chi connectivity index (χ1n) is 6.57. The Morgan fingerprint density at radius 3 is 2.35 bits per heavy atom. The molecule has 1 rings (SSSR count). The minimum atomic E-state index is -1.08. The van der Waals surface area contributed by atoms with E-state index in [1.54, 1.807) is 0 Å². The first-order valence-corrected chi connectivity index (χ1v) is 6.57. The van der Waals surface area contributed by atoms with Gasteiger partial charge in [-0.15, -0.1) is 0 Å². The number of carboxylic acid groups (broad SMARTS) is 1. The fraction of sp³-hybridized carbons (Fsp3) is 0.467. The summed E-state index contributed by atoms with van der Waals surface area (Å²) in [6.45, 7) is 5.89. The molecule has 1 aromatic rings. The number of carboxylic acids is 1. The number of aliphatic carboxylic acids is 1. The maximum absolute atomic E-state index is 11.3. The average Bonchev–Trinajstić information content (AvgIpc) is 2.43. The number of hydrogen-bond donors (Lipinski definition) is 2. The number of rotatable bonds is 7. The number of carbonyl (C=O) groups excluding carboxylic acids is 1. The van der Waals surface area contributed by atoms with Crippen molar-refractivity contribution in [2.45, 2.75) is 32.6 Å². The number of benzene rings is 1. The highest BCUT2D eigenvalue weighted by atomic mass is 16.5. The lowest BCUT2D eigenvalue weighted by Gasteiger charge is -2.23. The predicted molar refractivity (Wildman–Crippen MR) is 75.9 cm³/mol. The van der Waals surface area contributed by atoms with Crippen LogP contribution in [0.15, 0.2) is 24.3 Å². The Labute approximate surface area is 118 Å². The maximum Gasteiger partial charge on any atom is 0.322 e. The van der Waals surface area contributed by atoms with E-state index in [0.29, 0.717) is 5.75 Å². The Morgan fingerprint density at radius 2 is 1.85 bits per heavy atom. The van der Waals surface area contributed by atoms with Gasteiger partial charge in [-0.1, -0.05) is 32.9 Å². The van der Waals surface area contributed by atoms with Gasteiger partial charge in [-0.3, -0.25) is 9.59 Å². The van der Waals surface area contributed by atoms with Gasteiger partial charge < -0.3 is 15.2 Å². The molecule has 2 N–H and O–H groups in total. The van der Waals surface area contributed by atoms with Crippen LogP contribution in [0.4, 0.5) is 0 Å². The highest BCUT2D eigenvalue weighted by Gasteiger charge is 2.17. The predicted octanol–water partition coefficient (Wildman–Crippen LogP) is 1.95. The first-order chi connectivity index (χ1) is 9.35. The lowest BCUT2D eigenvalue weighted by Crippen LogP contribution is -2.33. The van der Waals surface area contributed by atoms with E-state index in [-0.39, 0.29) is 12.0 Å². The van der Waals surface area contributed by atoms with Gasteiger partial charge in [0.15, 0.2) is 6.61 Å². The minimum Gasteiger partial charge on any atom is -0.484 e.